The average Bonchev–Trinajstić information content (AvgIpc) is 3.40. The third-order valence-electron chi connectivity index (χ3n) is 5.04. The number of thiophene rings is 1. The van der Waals surface area contributed by atoms with E-state index >= 15 is 0 Å². The molecule has 32 heavy (non-hydrogen) atoms. The van der Waals surface area contributed by atoms with Crippen molar-refractivity contribution in [2.24, 2.45) is 5.41 Å². The van der Waals surface area contributed by atoms with Crippen LogP contribution >= 0.6 is 23.1 Å². The molecule has 0 fully saturated rings. The molecule has 0 saturated heterocycles. The fourth-order valence-electron chi connectivity index (χ4n) is 2.96. The van der Waals surface area contributed by atoms with Gasteiger partial charge in [0.05, 0.1) is 36.0 Å². The fourth-order valence-corrected chi connectivity index (χ4v) is 6.34. The Labute approximate surface area is 196 Å². The lowest BCUT2D eigenvalue weighted by Crippen LogP contribution is -2.42. The van der Waals surface area contributed by atoms with Crippen LogP contribution in [0.3, 0.4) is 0 Å². The van der Waals surface area contributed by atoms with Crippen molar-refractivity contribution in [3.05, 3.63) is 29.5 Å². The predicted molar refractivity (Wildman–Crippen MR) is 128 cm³/mol. The first kappa shape index (κ1) is 24.5. The Kier molecular flexibility index (Phi) is 6.62. The molecule has 9 nitrogen and oxygen atoms in total. The Bertz CT molecular complexity index is 1150. The van der Waals surface area contributed by atoms with Gasteiger partial charge in [-0.3, -0.25) is 0 Å². The molecule has 0 radical (unpaired) electrons. The third kappa shape index (κ3) is 4.92. The summed E-state index contributed by atoms with van der Waals surface area (Å²) >= 11 is 1.96. The number of hydrogen-bond acceptors (Lipinski definition) is 10. The van der Waals surface area contributed by atoms with E-state index in [0.29, 0.717) is 11.6 Å². The summed E-state index contributed by atoms with van der Waals surface area (Å²) in [5, 5.41) is 18.7. The number of anilines is 3. The van der Waals surface area contributed by atoms with Gasteiger partial charge < -0.3 is 20.2 Å². The maximum atomic E-state index is 13.0. The molecule has 0 aliphatic carbocycles. The van der Waals surface area contributed by atoms with Gasteiger partial charge in [0.1, 0.15) is 0 Å². The molecule has 3 N–H and O–H groups in total. The minimum absolute atomic E-state index is 0.113. The highest BCUT2D eigenvalue weighted by Gasteiger charge is 2.35. The number of nitrogens with zero attached hydrogens (tertiary/aromatic N) is 3. The first-order chi connectivity index (χ1) is 14.7. The van der Waals surface area contributed by atoms with Gasteiger partial charge in [0.25, 0.3) is 10.0 Å². The highest BCUT2D eigenvalue weighted by molar-refractivity contribution is 7.91. The molecule has 3 rings (SSSR count). The molecule has 0 aliphatic rings. The lowest BCUT2D eigenvalue weighted by molar-refractivity contribution is 0.291. The zero-order chi connectivity index (χ0) is 23.9. The van der Waals surface area contributed by atoms with Crippen LogP contribution in [-0.2, 0) is 10.0 Å². The molecule has 176 valence electrons. The van der Waals surface area contributed by atoms with Gasteiger partial charge in [-0.05, 0) is 32.3 Å². The topological polar surface area (TPSA) is 121 Å². The van der Waals surface area contributed by atoms with Crippen LogP contribution in [0.15, 0.2) is 32.6 Å². The largest absolute Gasteiger partial charge is 0.504 e. The second-order valence-electron chi connectivity index (χ2n) is 9.52. The van der Waals surface area contributed by atoms with Gasteiger partial charge in [-0.15, -0.1) is 11.3 Å². The lowest BCUT2D eigenvalue weighted by Gasteiger charge is -2.31. The number of rotatable bonds is 7. The standard InChI is InChI=1S/C20H29N5O4S3/c1-19(2,3)15(12-8-9-29-10-12)22-17-16(23-31-24-17)21-13-11-30-18(14(13)26)32(27,28)25(7)20(4,5)6/h8-11,15,26H,1-7H3,(H,21,23)(H,22,24)/t15-/m0/s1. The second kappa shape index (κ2) is 8.65. The SMILES string of the molecule is CN(C(C)(C)C)S(=O)(=O)c1scc(Nc2nsnc2N[C@@H](c2ccoc2)C(C)(C)C)c1O. The molecule has 0 amide bonds. The second-order valence-corrected chi connectivity index (χ2v) is 13.1. The van der Waals surface area contributed by atoms with E-state index in [1.54, 1.807) is 38.7 Å². The fraction of sp³-hybridized carbons (Fsp3) is 0.500. The predicted octanol–water partition coefficient (Wildman–Crippen LogP) is 5.26. The average molecular weight is 500 g/mol. The highest BCUT2D eigenvalue weighted by atomic mass is 32.2. The minimum atomic E-state index is -3.86. The van der Waals surface area contributed by atoms with Crippen LogP contribution < -0.4 is 10.6 Å². The van der Waals surface area contributed by atoms with Crippen molar-refractivity contribution >= 4 is 50.4 Å². The molecule has 0 aromatic carbocycles. The Morgan fingerprint density at radius 2 is 1.81 bits per heavy atom. The molecule has 0 spiro atoms. The van der Waals surface area contributed by atoms with Gasteiger partial charge in [0.2, 0.25) is 0 Å². The summed E-state index contributed by atoms with van der Waals surface area (Å²) in [5.41, 5.74) is 0.428. The van der Waals surface area contributed by atoms with E-state index in [1.165, 1.54) is 11.4 Å². The maximum absolute atomic E-state index is 13.0. The van der Waals surface area contributed by atoms with Crippen LogP contribution in [0.25, 0.3) is 0 Å². The Morgan fingerprint density at radius 1 is 1.16 bits per heavy atom. The maximum Gasteiger partial charge on any atom is 0.256 e. The highest BCUT2D eigenvalue weighted by Crippen LogP contribution is 2.43. The zero-order valence-corrected chi connectivity index (χ0v) is 21.6. The van der Waals surface area contributed by atoms with Crippen molar-refractivity contribution in [3.63, 3.8) is 0 Å². The smallest absolute Gasteiger partial charge is 0.256 e. The molecule has 0 saturated carbocycles. The van der Waals surface area contributed by atoms with Gasteiger partial charge in [-0.2, -0.15) is 13.1 Å². The molecule has 3 heterocycles. The van der Waals surface area contributed by atoms with Crippen LogP contribution in [0.5, 0.6) is 5.75 Å². The summed E-state index contributed by atoms with van der Waals surface area (Å²) in [5.74, 6) is 0.555. The van der Waals surface area contributed by atoms with Crippen molar-refractivity contribution in [1.29, 1.82) is 0 Å². The molecule has 12 heteroatoms. The van der Waals surface area contributed by atoms with E-state index in [-0.39, 0.29) is 27.1 Å². The normalized spacial score (nSPS) is 14.0. The number of furan rings is 1. The number of aromatic hydroxyl groups is 1. The minimum Gasteiger partial charge on any atom is -0.504 e. The van der Waals surface area contributed by atoms with Crippen molar-refractivity contribution in [3.8, 4) is 5.75 Å². The van der Waals surface area contributed by atoms with E-state index in [0.717, 1.165) is 28.6 Å². The van der Waals surface area contributed by atoms with Crippen molar-refractivity contribution in [2.75, 3.05) is 17.7 Å². The van der Waals surface area contributed by atoms with Crippen molar-refractivity contribution < 1.29 is 17.9 Å². The van der Waals surface area contributed by atoms with Crippen molar-refractivity contribution in [1.82, 2.24) is 13.1 Å². The summed E-state index contributed by atoms with van der Waals surface area (Å²) in [7, 11) is -2.36. The van der Waals surface area contributed by atoms with E-state index in [1.807, 2.05) is 6.07 Å². The van der Waals surface area contributed by atoms with E-state index < -0.39 is 15.6 Å². The first-order valence-electron chi connectivity index (χ1n) is 9.90. The summed E-state index contributed by atoms with van der Waals surface area (Å²) in [4.78, 5) is 0. The van der Waals surface area contributed by atoms with Crippen LogP contribution in [0, 0.1) is 5.41 Å². The lowest BCUT2D eigenvalue weighted by atomic mass is 9.83. The van der Waals surface area contributed by atoms with Crippen LogP contribution in [0.1, 0.15) is 53.1 Å². The molecule has 0 aliphatic heterocycles. The molecular weight excluding hydrogens is 470 g/mol. The van der Waals surface area contributed by atoms with E-state index in [9.17, 15) is 13.5 Å². The van der Waals surface area contributed by atoms with Crippen molar-refractivity contribution in [2.45, 2.75) is 57.3 Å². The van der Waals surface area contributed by atoms with Gasteiger partial charge in [0, 0.05) is 23.5 Å². The summed E-state index contributed by atoms with van der Waals surface area (Å²) in [6.07, 6.45) is 3.30. The quantitative estimate of drug-likeness (QED) is 0.402. The van der Waals surface area contributed by atoms with Crippen LogP contribution in [-0.4, -0.2) is 39.2 Å². The molecule has 3 aromatic rings. The molecule has 0 bridgehead atoms. The van der Waals surface area contributed by atoms with Gasteiger partial charge in [-0.1, -0.05) is 20.8 Å². The third-order valence-corrected chi connectivity index (χ3v) is 9.18. The molecule has 1 atom stereocenters. The van der Waals surface area contributed by atoms with Gasteiger partial charge >= 0.3 is 0 Å². The number of sulfonamides is 1. The molecular formula is C20H29N5O4S3. The number of nitrogens with one attached hydrogen (secondary N) is 2. The monoisotopic (exact) mass is 499 g/mol. The van der Waals surface area contributed by atoms with Gasteiger partial charge in [0.15, 0.2) is 21.6 Å². The Hall–Kier alpha value is -2.15. The van der Waals surface area contributed by atoms with E-state index in [2.05, 4.69) is 40.2 Å². The molecule has 3 aromatic heterocycles. The zero-order valence-electron chi connectivity index (χ0n) is 19.1. The van der Waals surface area contributed by atoms with Crippen LogP contribution in [0.4, 0.5) is 17.3 Å². The summed E-state index contributed by atoms with van der Waals surface area (Å²) in [6, 6.07) is 1.78. The molecule has 0 unspecified atom stereocenters. The van der Waals surface area contributed by atoms with Gasteiger partial charge in [-0.25, -0.2) is 8.42 Å². The van der Waals surface area contributed by atoms with E-state index in [4.69, 9.17) is 4.42 Å². The summed E-state index contributed by atoms with van der Waals surface area (Å²) < 4.78 is 40.9. The Balaban J connectivity index is 1.88. The number of aromatic nitrogens is 2. The van der Waals surface area contributed by atoms with Crippen LogP contribution in [0.2, 0.25) is 0 Å². The summed E-state index contributed by atoms with van der Waals surface area (Å²) in [6.45, 7) is 11.7. The Morgan fingerprint density at radius 3 is 2.38 bits per heavy atom. The first-order valence-corrected chi connectivity index (χ1v) is 13.0. The number of hydrogen-bond donors (Lipinski definition) is 3.